The summed E-state index contributed by atoms with van der Waals surface area (Å²) < 4.78 is 27.7. The number of carbonyl (C=O) groups excluding carboxylic acids is 1. The minimum atomic E-state index is -3.46. The molecule has 5 rings (SSSR count). The molecular weight excluding hydrogens is 360 g/mol. The van der Waals surface area contributed by atoms with Crippen molar-refractivity contribution in [1.29, 1.82) is 0 Å². The minimum absolute atomic E-state index is 0.198. The average Bonchev–Trinajstić information content (AvgIpc) is 3.43. The van der Waals surface area contributed by atoms with Gasteiger partial charge >= 0.3 is 0 Å². The summed E-state index contributed by atoms with van der Waals surface area (Å²) in [5.74, 6) is 1.81. The molecule has 27 heavy (non-hydrogen) atoms. The van der Waals surface area contributed by atoms with Crippen molar-refractivity contribution >= 4 is 15.9 Å². The van der Waals surface area contributed by atoms with Crippen LogP contribution in [0.2, 0.25) is 0 Å². The van der Waals surface area contributed by atoms with Crippen LogP contribution in [0.4, 0.5) is 0 Å². The second kappa shape index (κ2) is 6.59. The number of hydrogen-bond donors (Lipinski definition) is 0. The number of piperazine rings is 1. The van der Waals surface area contributed by atoms with Gasteiger partial charge in [-0.25, -0.2) is 8.42 Å². The molecule has 0 aromatic heterocycles. The summed E-state index contributed by atoms with van der Waals surface area (Å²) in [5, 5.41) is 0. The van der Waals surface area contributed by atoms with Gasteiger partial charge in [-0.05, 0) is 73.6 Å². The molecule has 3 fully saturated rings. The lowest BCUT2D eigenvalue weighted by molar-refractivity contribution is -0.138. The SMILES string of the molecule is O=C([C@H]1C[C@H]2CC[C@H]1C2)N1CCN(S(=O)(=O)c2ccc3c(c2)CCC3)CC1. The summed E-state index contributed by atoms with van der Waals surface area (Å²) in [6.07, 6.45) is 7.92. The predicted molar refractivity (Wildman–Crippen MR) is 103 cm³/mol. The first kappa shape index (κ1) is 17.7. The van der Waals surface area contributed by atoms with Gasteiger partial charge < -0.3 is 4.90 Å². The first-order valence-corrected chi connectivity index (χ1v) is 11.9. The lowest BCUT2D eigenvalue weighted by Crippen LogP contribution is -2.52. The second-order valence-electron chi connectivity index (χ2n) is 8.79. The zero-order valence-electron chi connectivity index (χ0n) is 15.8. The molecule has 0 radical (unpaired) electrons. The first-order valence-electron chi connectivity index (χ1n) is 10.4. The maximum absolute atomic E-state index is 13.0. The Labute approximate surface area is 161 Å². The third-order valence-corrected chi connectivity index (χ3v) is 9.21. The highest BCUT2D eigenvalue weighted by Crippen LogP contribution is 2.49. The normalized spacial score (nSPS) is 30.7. The zero-order valence-corrected chi connectivity index (χ0v) is 16.6. The van der Waals surface area contributed by atoms with Crippen LogP contribution >= 0.6 is 0 Å². The summed E-state index contributed by atoms with van der Waals surface area (Å²) in [4.78, 5) is 15.2. The van der Waals surface area contributed by atoms with Crippen molar-refractivity contribution in [2.75, 3.05) is 26.2 Å². The first-order chi connectivity index (χ1) is 13.0. The van der Waals surface area contributed by atoms with Crippen LogP contribution in [0.3, 0.4) is 0 Å². The molecule has 1 aromatic carbocycles. The fourth-order valence-corrected chi connectivity index (χ4v) is 7.26. The summed E-state index contributed by atoms with van der Waals surface area (Å²) in [5.41, 5.74) is 2.47. The summed E-state index contributed by atoms with van der Waals surface area (Å²) in [6, 6.07) is 5.60. The molecule has 5 nitrogen and oxygen atoms in total. The number of sulfonamides is 1. The monoisotopic (exact) mass is 388 g/mol. The van der Waals surface area contributed by atoms with E-state index in [1.165, 1.54) is 30.4 Å². The van der Waals surface area contributed by atoms with Crippen LogP contribution in [0, 0.1) is 17.8 Å². The lowest BCUT2D eigenvalue weighted by Gasteiger charge is -2.36. The summed E-state index contributed by atoms with van der Waals surface area (Å²) in [6.45, 7) is 1.87. The average molecular weight is 389 g/mol. The summed E-state index contributed by atoms with van der Waals surface area (Å²) in [7, 11) is -3.46. The van der Waals surface area contributed by atoms with E-state index in [0.29, 0.717) is 37.0 Å². The Morgan fingerprint density at radius 2 is 1.74 bits per heavy atom. The van der Waals surface area contributed by atoms with Crippen molar-refractivity contribution in [2.45, 2.75) is 49.8 Å². The number of hydrogen-bond acceptors (Lipinski definition) is 3. The van der Waals surface area contributed by atoms with Gasteiger partial charge in [-0.3, -0.25) is 4.79 Å². The topological polar surface area (TPSA) is 57.7 Å². The molecule has 146 valence electrons. The molecule has 3 aliphatic carbocycles. The maximum atomic E-state index is 13.0. The third kappa shape index (κ3) is 3.01. The fraction of sp³-hybridized carbons (Fsp3) is 0.667. The molecule has 0 unspecified atom stereocenters. The van der Waals surface area contributed by atoms with Crippen molar-refractivity contribution in [1.82, 2.24) is 9.21 Å². The molecule has 1 aromatic rings. The lowest BCUT2D eigenvalue weighted by atomic mass is 9.87. The van der Waals surface area contributed by atoms with Gasteiger partial charge in [-0.2, -0.15) is 4.31 Å². The maximum Gasteiger partial charge on any atom is 0.243 e. The van der Waals surface area contributed by atoms with Gasteiger partial charge in [0.05, 0.1) is 4.90 Å². The molecule has 1 amide bonds. The number of aryl methyl sites for hydroxylation is 2. The Kier molecular flexibility index (Phi) is 4.32. The Morgan fingerprint density at radius 1 is 0.963 bits per heavy atom. The van der Waals surface area contributed by atoms with Gasteiger partial charge in [-0.15, -0.1) is 0 Å². The fourth-order valence-electron chi connectivity index (χ4n) is 5.79. The van der Waals surface area contributed by atoms with E-state index < -0.39 is 10.0 Å². The van der Waals surface area contributed by atoms with E-state index in [0.717, 1.165) is 31.6 Å². The van der Waals surface area contributed by atoms with Gasteiger partial charge in [0, 0.05) is 32.1 Å². The Hall–Kier alpha value is -1.40. The predicted octanol–water partition coefficient (Wildman–Crippen LogP) is 2.44. The smallest absolute Gasteiger partial charge is 0.243 e. The molecular formula is C21H28N2O3S. The van der Waals surface area contributed by atoms with E-state index in [9.17, 15) is 13.2 Å². The van der Waals surface area contributed by atoms with Gasteiger partial charge in [-0.1, -0.05) is 12.5 Å². The number of nitrogens with zero attached hydrogens (tertiary/aromatic N) is 2. The molecule has 2 saturated carbocycles. The molecule has 1 heterocycles. The van der Waals surface area contributed by atoms with E-state index in [2.05, 4.69) is 0 Å². The molecule has 3 atom stereocenters. The van der Waals surface area contributed by atoms with E-state index in [1.54, 1.807) is 10.4 Å². The van der Waals surface area contributed by atoms with Crippen LogP contribution in [0.15, 0.2) is 23.1 Å². The van der Waals surface area contributed by atoms with Gasteiger partial charge in [0.25, 0.3) is 0 Å². The van der Waals surface area contributed by atoms with Gasteiger partial charge in [0.2, 0.25) is 15.9 Å². The van der Waals surface area contributed by atoms with Crippen LogP contribution in [0.25, 0.3) is 0 Å². The standard InChI is InChI=1S/C21H28N2O3S/c24-21(20-13-15-4-5-18(20)12-15)22-8-10-23(11-9-22)27(25,26)19-7-6-16-2-1-3-17(16)14-19/h6-7,14-15,18,20H,1-5,8-13H2/t15-,18-,20-/m0/s1. The quantitative estimate of drug-likeness (QED) is 0.799. The van der Waals surface area contributed by atoms with Crippen LogP contribution in [0.1, 0.15) is 43.2 Å². The number of fused-ring (bicyclic) bond motifs is 3. The third-order valence-electron chi connectivity index (χ3n) is 7.31. The Morgan fingerprint density at radius 3 is 2.44 bits per heavy atom. The number of amides is 1. The molecule has 4 aliphatic rings. The molecule has 1 saturated heterocycles. The number of carbonyl (C=O) groups is 1. The minimum Gasteiger partial charge on any atom is -0.340 e. The zero-order chi connectivity index (χ0) is 18.6. The van der Waals surface area contributed by atoms with Crippen LogP contribution in [0.5, 0.6) is 0 Å². The molecule has 0 spiro atoms. The second-order valence-corrected chi connectivity index (χ2v) is 10.7. The molecule has 2 bridgehead atoms. The number of benzene rings is 1. The highest BCUT2D eigenvalue weighted by atomic mass is 32.2. The highest BCUT2D eigenvalue weighted by Gasteiger charge is 2.45. The molecule has 6 heteroatoms. The Balaban J connectivity index is 1.25. The van der Waals surface area contributed by atoms with Crippen molar-refractivity contribution in [3.8, 4) is 0 Å². The molecule has 1 aliphatic heterocycles. The summed E-state index contributed by atoms with van der Waals surface area (Å²) >= 11 is 0. The van der Waals surface area contributed by atoms with Crippen LogP contribution < -0.4 is 0 Å². The van der Waals surface area contributed by atoms with E-state index in [-0.39, 0.29) is 11.8 Å². The highest BCUT2D eigenvalue weighted by molar-refractivity contribution is 7.89. The van der Waals surface area contributed by atoms with Crippen molar-refractivity contribution < 1.29 is 13.2 Å². The van der Waals surface area contributed by atoms with Gasteiger partial charge in [0.15, 0.2) is 0 Å². The Bertz CT molecular complexity index is 858. The van der Waals surface area contributed by atoms with Crippen LogP contribution in [-0.4, -0.2) is 49.7 Å². The van der Waals surface area contributed by atoms with E-state index >= 15 is 0 Å². The van der Waals surface area contributed by atoms with Gasteiger partial charge in [0.1, 0.15) is 0 Å². The van der Waals surface area contributed by atoms with E-state index in [4.69, 9.17) is 0 Å². The van der Waals surface area contributed by atoms with Crippen molar-refractivity contribution in [3.05, 3.63) is 29.3 Å². The van der Waals surface area contributed by atoms with Crippen molar-refractivity contribution in [3.63, 3.8) is 0 Å². The van der Waals surface area contributed by atoms with Crippen LogP contribution in [-0.2, 0) is 27.7 Å². The van der Waals surface area contributed by atoms with E-state index in [1.807, 2.05) is 17.0 Å². The largest absolute Gasteiger partial charge is 0.340 e. The number of rotatable bonds is 3. The van der Waals surface area contributed by atoms with Crippen molar-refractivity contribution in [2.24, 2.45) is 17.8 Å². The molecule has 0 N–H and O–H groups in total.